The summed E-state index contributed by atoms with van der Waals surface area (Å²) in [7, 11) is 0. The first-order valence-corrected chi connectivity index (χ1v) is 6.30. The van der Waals surface area contributed by atoms with Crippen LogP contribution < -0.4 is 0 Å². The molecule has 1 heterocycles. The van der Waals surface area contributed by atoms with Crippen molar-refractivity contribution >= 4 is 17.7 Å². The van der Waals surface area contributed by atoms with Gasteiger partial charge in [0.1, 0.15) is 18.3 Å². The molecule has 6 N–H and O–H groups in total. The third-order valence-electron chi connectivity index (χ3n) is 2.95. The number of carbonyl (C=O) groups is 3. The van der Waals surface area contributed by atoms with E-state index in [2.05, 4.69) is 14.5 Å². The Bertz CT molecular complexity index is 450. The summed E-state index contributed by atoms with van der Waals surface area (Å²) in [5, 5.41) is 54.4. The molecule has 1 rings (SSSR count). The van der Waals surface area contributed by atoms with Crippen molar-refractivity contribution in [3.05, 3.63) is 0 Å². The Morgan fingerprint density at radius 2 is 1.74 bits per heavy atom. The van der Waals surface area contributed by atoms with Crippen molar-refractivity contribution in [2.24, 2.45) is 0 Å². The molecular formula is C11H16O12. The number of hydrogen-bond donors (Lipinski definition) is 6. The van der Waals surface area contributed by atoms with Gasteiger partial charge in [0.05, 0.1) is 13.2 Å². The van der Waals surface area contributed by atoms with E-state index in [9.17, 15) is 29.7 Å². The molecule has 0 aromatic heterocycles. The third-order valence-corrected chi connectivity index (χ3v) is 2.95. The van der Waals surface area contributed by atoms with E-state index in [1.807, 2.05) is 0 Å². The second kappa shape index (κ2) is 8.26. The van der Waals surface area contributed by atoms with Crippen molar-refractivity contribution in [2.75, 3.05) is 13.2 Å². The topological polar surface area (TPSA) is 200 Å². The number of aliphatic hydroxyl groups excluding tert-OH is 6. The van der Waals surface area contributed by atoms with Crippen LogP contribution in [0.4, 0.5) is 0 Å². The minimum absolute atomic E-state index is 0.886. The Labute approximate surface area is 128 Å². The van der Waals surface area contributed by atoms with E-state index < -0.39 is 67.6 Å². The molecule has 1 saturated heterocycles. The molecule has 0 aromatic rings. The summed E-state index contributed by atoms with van der Waals surface area (Å²) in [4.78, 5) is 42.3. The number of Topliss-reactive ketones (excluding diaryl/α,β-unsaturated/α-hetero) is 1. The second-order valence-electron chi connectivity index (χ2n) is 4.59. The molecule has 1 aliphatic rings. The molecule has 132 valence electrons. The second-order valence-corrected chi connectivity index (χ2v) is 4.59. The zero-order valence-electron chi connectivity index (χ0n) is 11.5. The molecule has 12 heteroatoms. The highest BCUT2D eigenvalue weighted by atomic mass is 17.2. The predicted molar refractivity (Wildman–Crippen MR) is 64.1 cm³/mol. The fraction of sp³-hybridized carbons (Fsp3) is 0.727. The number of aliphatic hydroxyl groups is 6. The van der Waals surface area contributed by atoms with Gasteiger partial charge in [-0.2, -0.15) is 4.89 Å². The molecule has 0 saturated carbocycles. The van der Waals surface area contributed by atoms with Crippen LogP contribution in [0.15, 0.2) is 0 Å². The van der Waals surface area contributed by atoms with Crippen molar-refractivity contribution in [1.29, 1.82) is 0 Å². The fourth-order valence-corrected chi connectivity index (χ4v) is 1.60. The van der Waals surface area contributed by atoms with Crippen molar-refractivity contribution < 1.29 is 59.5 Å². The van der Waals surface area contributed by atoms with Crippen LogP contribution in [0.2, 0.25) is 0 Å². The average Bonchev–Trinajstić information content (AvgIpc) is 2.84. The largest absolute Gasteiger partial charge is 0.450 e. The van der Waals surface area contributed by atoms with Crippen LogP contribution in [-0.4, -0.2) is 98.2 Å². The molecule has 0 aromatic carbocycles. The maximum atomic E-state index is 11.4. The average molecular weight is 340 g/mol. The first kappa shape index (κ1) is 19.4. The van der Waals surface area contributed by atoms with Gasteiger partial charge in [-0.25, -0.2) is 9.59 Å². The smallest absolute Gasteiger partial charge is 0.378 e. The lowest BCUT2D eigenvalue weighted by Gasteiger charge is -2.21. The Kier molecular flexibility index (Phi) is 6.96. The summed E-state index contributed by atoms with van der Waals surface area (Å²) in [6.45, 7) is -1.84. The SMILES string of the molecule is O=C1O[C@H]([C@@H](O)CO)C(OOC(=O)[C@H](O)[C@@H](O)[C@H](O)CO)C1=O. The number of carbonyl (C=O) groups excluding carboxylic acids is 3. The van der Waals surface area contributed by atoms with Gasteiger partial charge in [0, 0.05) is 0 Å². The van der Waals surface area contributed by atoms with Gasteiger partial charge in [0.15, 0.2) is 12.2 Å². The van der Waals surface area contributed by atoms with Gasteiger partial charge < -0.3 is 35.4 Å². The van der Waals surface area contributed by atoms with Crippen LogP contribution in [0, 0.1) is 0 Å². The quantitative estimate of drug-likeness (QED) is 0.106. The Balaban J connectivity index is 2.66. The zero-order valence-corrected chi connectivity index (χ0v) is 11.5. The molecule has 12 nitrogen and oxygen atoms in total. The van der Waals surface area contributed by atoms with E-state index in [1.165, 1.54) is 0 Å². The van der Waals surface area contributed by atoms with Crippen LogP contribution in [0.1, 0.15) is 0 Å². The Morgan fingerprint density at radius 3 is 2.26 bits per heavy atom. The molecule has 0 radical (unpaired) electrons. The first-order chi connectivity index (χ1) is 10.7. The number of cyclic esters (lactones) is 1. The summed E-state index contributed by atoms with van der Waals surface area (Å²) >= 11 is 0. The fourth-order valence-electron chi connectivity index (χ4n) is 1.60. The molecule has 6 atom stereocenters. The highest BCUT2D eigenvalue weighted by Crippen LogP contribution is 2.19. The van der Waals surface area contributed by atoms with Gasteiger partial charge in [0.25, 0.3) is 5.78 Å². The van der Waals surface area contributed by atoms with Gasteiger partial charge >= 0.3 is 11.9 Å². The van der Waals surface area contributed by atoms with Crippen LogP contribution in [0.5, 0.6) is 0 Å². The van der Waals surface area contributed by atoms with E-state index in [0.29, 0.717) is 0 Å². The molecule has 0 bridgehead atoms. The Hall–Kier alpha value is -1.67. The molecule has 1 unspecified atom stereocenters. The molecule has 0 amide bonds. The van der Waals surface area contributed by atoms with Gasteiger partial charge in [0.2, 0.25) is 6.10 Å². The van der Waals surface area contributed by atoms with Gasteiger partial charge in [-0.3, -0.25) is 9.68 Å². The van der Waals surface area contributed by atoms with E-state index in [1.54, 1.807) is 0 Å². The minimum atomic E-state index is -2.33. The summed E-state index contributed by atoms with van der Waals surface area (Å²) in [6, 6.07) is 0. The van der Waals surface area contributed by atoms with Crippen molar-refractivity contribution in [3.63, 3.8) is 0 Å². The first-order valence-electron chi connectivity index (χ1n) is 6.30. The molecule has 1 fully saturated rings. The highest BCUT2D eigenvalue weighted by molar-refractivity contribution is 6.37. The number of esters is 1. The summed E-state index contributed by atoms with van der Waals surface area (Å²) in [6.07, 6.45) is -11.5. The van der Waals surface area contributed by atoms with Gasteiger partial charge in [-0.1, -0.05) is 0 Å². The van der Waals surface area contributed by atoms with Gasteiger partial charge in [-0.05, 0) is 0 Å². The van der Waals surface area contributed by atoms with E-state index in [-0.39, 0.29) is 0 Å². The lowest BCUT2D eigenvalue weighted by Crippen LogP contribution is -2.46. The molecule has 23 heavy (non-hydrogen) atoms. The monoisotopic (exact) mass is 340 g/mol. The maximum Gasteiger partial charge on any atom is 0.378 e. The Morgan fingerprint density at radius 1 is 1.13 bits per heavy atom. The summed E-state index contributed by atoms with van der Waals surface area (Å²) < 4.78 is 4.44. The summed E-state index contributed by atoms with van der Waals surface area (Å²) in [5.41, 5.74) is 0. The maximum absolute atomic E-state index is 11.4. The van der Waals surface area contributed by atoms with Gasteiger partial charge in [-0.15, -0.1) is 0 Å². The van der Waals surface area contributed by atoms with Crippen LogP contribution in [0.3, 0.4) is 0 Å². The highest BCUT2D eigenvalue weighted by Gasteiger charge is 2.50. The molecule has 0 spiro atoms. The van der Waals surface area contributed by atoms with Crippen LogP contribution >= 0.6 is 0 Å². The van der Waals surface area contributed by atoms with Crippen molar-refractivity contribution in [1.82, 2.24) is 0 Å². The molecular weight excluding hydrogens is 324 g/mol. The normalized spacial score (nSPS) is 26.3. The van der Waals surface area contributed by atoms with E-state index >= 15 is 0 Å². The van der Waals surface area contributed by atoms with Crippen LogP contribution in [-0.2, 0) is 28.9 Å². The van der Waals surface area contributed by atoms with E-state index in [4.69, 9.17) is 15.3 Å². The standard InChI is InChI=1S/C11H16O12/c12-1-3(14)5(16)6(17)11(20)23-22-9-7(18)10(19)21-8(9)4(15)2-13/h3-6,8-9,12-17H,1-2H2/t3-,4+,5+,6-,8-,9?/m1/s1. The molecule has 1 aliphatic heterocycles. The summed E-state index contributed by atoms with van der Waals surface area (Å²) in [5.74, 6) is -4.34. The zero-order chi connectivity index (χ0) is 17.7. The third kappa shape index (κ3) is 4.42. The van der Waals surface area contributed by atoms with E-state index in [0.717, 1.165) is 0 Å². The lowest BCUT2D eigenvalue weighted by molar-refractivity contribution is -0.309. The minimum Gasteiger partial charge on any atom is -0.450 e. The number of hydrogen-bond acceptors (Lipinski definition) is 12. The number of ketones is 1. The van der Waals surface area contributed by atoms with Crippen molar-refractivity contribution in [2.45, 2.75) is 36.6 Å². The predicted octanol–water partition coefficient (Wildman–Crippen LogP) is -5.25. The number of rotatable bonds is 8. The van der Waals surface area contributed by atoms with Crippen LogP contribution in [0.25, 0.3) is 0 Å². The van der Waals surface area contributed by atoms with Crippen molar-refractivity contribution in [3.8, 4) is 0 Å². The number of ether oxygens (including phenoxy) is 1. The lowest BCUT2D eigenvalue weighted by atomic mass is 10.1. The molecule has 0 aliphatic carbocycles.